The molecule has 0 saturated carbocycles. The van der Waals surface area contributed by atoms with E-state index in [1.807, 2.05) is 80.7 Å². The third-order valence-corrected chi connectivity index (χ3v) is 7.37. The van der Waals surface area contributed by atoms with E-state index in [-0.39, 0.29) is 18.4 Å². The number of benzene rings is 3. The van der Waals surface area contributed by atoms with Crippen LogP contribution in [0.1, 0.15) is 29.8 Å². The Bertz CT molecular complexity index is 1550. The van der Waals surface area contributed by atoms with Crippen molar-refractivity contribution in [2.45, 2.75) is 26.5 Å². The number of nitrogens with two attached hydrogens (primary N) is 1. The van der Waals surface area contributed by atoms with Crippen molar-refractivity contribution in [1.82, 2.24) is 14.5 Å². The molecule has 10 heteroatoms. The minimum atomic E-state index is -3.35. The number of aromatic nitrogens is 2. The Morgan fingerprint density at radius 3 is 2.49 bits per heavy atom. The summed E-state index contributed by atoms with van der Waals surface area (Å²) < 4.78 is 33.7. The zero-order valence-corrected chi connectivity index (χ0v) is 23.0. The van der Waals surface area contributed by atoms with Gasteiger partial charge in [-0.25, -0.2) is 13.1 Å². The highest BCUT2D eigenvalue weighted by atomic mass is 32.2. The van der Waals surface area contributed by atoms with Gasteiger partial charge in [0.2, 0.25) is 15.9 Å². The van der Waals surface area contributed by atoms with Gasteiger partial charge in [0.15, 0.2) is 0 Å². The fourth-order valence-corrected chi connectivity index (χ4v) is 4.73. The number of rotatable bonds is 12. The van der Waals surface area contributed by atoms with E-state index in [2.05, 4.69) is 10.0 Å². The van der Waals surface area contributed by atoms with Crippen molar-refractivity contribution in [3.63, 3.8) is 0 Å². The van der Waals surface area contributed by atoms with Crippen LogP contribution >= 0.6 is 0 Å². The summed E-state index contributed by atoms with van der Waals surface area (Å²) in [5.41, 5.74) is 11.1. The van der Waals surface area contributed by atoms with Gasteiger partial charge in [-0.2, -0.15) is 5.10 Å². The van der Waals surface area contributed by atoms with E-state index in [1.54, 1.807) is 16.8 Å². The molecule has 4 aromatic rings. The molecule has 0 fully saturated rings. The van der Waals surface area contributed by atoms with Gasteiger partial charge in [-0.1, -0.05) is 36.4 Å². The van der Waals surface area contributed by atoms with Crippen LogP contribution in [0.2, 0.25) is 0 Å². The molecule has 0 spiro atoms. The summed E-state index contributed by atoms with van der Waals surface area (Å²) in [5, 5.41) is 8.05. The fraction of sp³-hybridized carbons (Fsp3) is 0.241. The number of hydrogen-bond donors (Lipinski definition) is 3. The lowest BCUT2D eigenvalue weighted by molar-refractivity contribution is 0.0999. The van der Waals surface area contributed by atoms with Gasteiger partial charge in [-0.05, 0) is 74.0 Å². The van der Waals surface area contributed by atoms with E-state index in [0.29, 0.717) is 17.9 Å². The fourth-order valence-electron chi connectivity index (χ4n) is 4.16. The van der Waals surface area contributed by atoms with Crippen LogP contribution in [0, 0.1) is 0 Å². The number of ether oxygens (including phenoxy) is 1. The molecule has 0 radical (unpaired) electrons. The summed E-state index contributed by atoms with van der Waals surface area (Å²) in [6, 6.07) is 23.1. The molecule has 4 N–H and O–H groups in total. The van der Waals surface area contributed by atoms with E-state index >= 15 is 0 Å². The van der Waals surface area contributed by atoms with Crippen molar-refractivity contribution in [3.05, 3.63) is 90.1 Å². The highest BCUT2D eigenvalue weighted by Crippen LogP contribution is 2.32. The third-order valence-electron chi connectivity index (χ3n) is 6.01. The molecule has 0 aliphatic carbocycles. The van der Waals surface area contributed by atoms with Gasteiger partial charge in [0.25, 0.3) is 0 Å². The largest absolute Gasteiger partial charge is 0.491 e. The summed E-state index contributed by atoms with van der Waals surface area (Å²) in [6.07, 6.45) is 1.81. The molecule has 1 heterocycles. The second kappa shape index (κ2) is 12.1. The van der Waals surface area contributed by atoms with Gasteiger partial charge in [0, 0.05) is 29.6 Å². The molecule has 204 valence electrons. The van der Waals surface area contributed by atoms with Crippen LogP contribution in [0.4, 0.5) is 5.69 Å². The Hall–Kier alpha value is -4.15. The maximum Gasteiger partial charge on any atom is 0.248 e. The van der Waals surface area contributed by atoms with Crippen LogP contribution in [0.5, 0.6) is 5.75 Å². The summed E-state index contributed by atoms with van der Waals surface area (Å²) in [6.45, 7) is 4.47. The molecule has 0 unspecified atom stereocenters. The Balaban J connectivity index is 1.65. The Kier molecular flexibility index (Phi) is 8.68. The average Bonchev–Trinajstić information content (AvgIpc) is 3.37. The van der Waals surface area contributed by atoms with Crippen LogP contribution in [-0.4, -0.2) is 49.6 Å². The second-order valence-corrected chi connectivity index (χ2v) is 11.4. The molecule has 0 aliphatic rings. The molecule has 4 rings (SSSR count). The van der Waals surface area contributed by atoms with Gasteiger partial charge in [0.05, 0.1) is 24.1 Å². The number of sulfonamides is 1. The number of anilines is 1. The number of primary amides is 1. The highest BCUT2D eigenvalue weighted by molar-refractivity contribution is 7.89. The van der Waals surface area contributed by atoms with Gasteiger partial charge >= 0.3 is 0 Å². The predicted molar refractivity (Wildman–Crippen MR) is 154 cm³/mol. The van der Waals surface area contributed by atoms with Crippen LogP contribution < -0.4 is 20.5 Å². The van der Waals surface area contributed by atoms with Crippen molar-refractivity contribution < 1.29 is 17.9 Å². The molecule has 0 bridgehead atoms. The van der Waals surface area contributed by atoms with Gasteiger partial charge in [-0.15, -0.1) is 0 Å². The van der Waals surface area contributed by atoms with E-state index in [1.165, 1.54) is 7.05 Å². The van der Waals surface area contributed by atoms with E-state index < -0.39 is 15.9 Å². The Morgan fingerprint density at radius 1 is 1.03 bits per heavy atom. The number of carbonyl (C=O) groups is 1. The zero-order chi connectivity index (χ0) is 28.0. The number of nitrogens with zero attached hydrogens (tertiary/aromatic N) is 2. The summed E-state index contributed by atoms with van der Waals surface area (Å²) in [5.74, 6) is -0.0166. The molecule has 1 aromatic heterocycles. The lowest BCUT2D eigenvalue weighted by Gasteiger charge is -2.14. The lowest BCUT2D eigenvalue weighted by atomic mass is 10.00. The van der Waals surface area contributed by atoms with Gasteiger partial charge < -0.3 is 15.8 Å². The molecule has 9 nitrogen and oxygen atoms in total. The SMILES string of the molecule is CNS(=O)(=O)CCNc1ccc(-c2ccccc2)cc1-c1ccn(Cc2cc(OC(C)C)cc(C(N)=O)c2)n1. The molecule has 0 saturated heterocycles. The number of hydrogen-bond acceptors (Lipinski definition) is 6. The van der Waals surface area contributed by atoms with Gasteiger partial charge in [0.1, 0.15) is 5.75 Å². The van der Waals surface area contributed by atoms with E-state index in [0.717, 1.165) is 33.6 Å². The first-order valence-electron chi connectivity index (χ1n) is 12.6. The molecule has 1 amide bonds. The molecule has 39 heavy (non-hydrogen) atoms. The Morgan fingerprint density at radius 2 is 1.79 bits per heavy atom. The second-order valence-electron chi connectivity index (χ2n) is 9.37. The normalized spacial score (nSPS) is 11.5. The van der Waals surface area contributed by atoms with Crippen molar-refractivity contribution in [1.29, 1.82) is 0 Å². The average molecular weight is 548 g/mol. The number of nitrogens with one attached hydrogen (secondary N) is 2. The zero-order valence-electron chi connectivity index (χ0n) is 22.2. The molecule has 0 atom stereocenters. The topological polar surface area (TPSA) is 128 Å². The minimum Gasteiger partial charge on any atom is -0.491 e. The maximum atomic E-state index is 11.9. The lowest BCUT2D eigenvalue weighted by Crippen LogP contribution is -2.26. The standard InChI is InChI=1S/C29H33N5O4S/c1-20(2)38-25-16-21(15-24(17-25)29(30)35)19-34-13-11-28(33-34)26-18-23(22-7-5-4-6-8-22)9-10-27(26)32-12-14-39(36,37)31-3/h4-11,13,15-18,20,31-32H,12,14,19H2,1-3H3,(H2,30,35). The first-order chi connectivity index (χ1) is 18.6. The van der Waals surface area contributed by atoms with Crippen molar-refractivity contribution in [2.75, 3.05) is 24.7 Å². The number of carbonyl (C=O) groups excluding carboxylic acids is 1. The molecular weight excluding hydrogens is 514 g/mol. The molecule has 3 aromatic carbocycles. The first-order valence-corrected chi connectivity index (χ1v) is 14.3. The predicted octanol–water partition coefficient (Wildman–Crippen LogP) is 4.11. The summed E-state index contributed by atoms with van der Waals surface area (Å²) in [4.78, 5) is 11.9. The van der Waals surface area contributed by atoms with E-state index in [4.69, 9.17) is 15.6 Å². The monoisotopic (exact) mass is 547 g/mol. The van der Waals surface area contributed by atoms with Crippen molar-refractivity contribution in [2.24, 2.45) is 5.73 Å². The van der Waals surface area contributed by atoms with Crippen LogP contribution in [-0.2, 0) is 16.6 Å². The van der Waals surface area contributed by atoms with Crippen LogP contribution in [0.3, 0.4) is 0 Å². The minimum absolute atomic E-state index is 0.0526. The third kappa shape index (κ3) is 7.46. The first kappa shape index (κ1) is 27.9. The Labute approximate surface area is 229 Å². The van der Waals surface area contributed by atoms with Gasteiger partial charge in [-0.3, -0.25) is 9.48 Å². The van der Waals surface area contributed by atoms with Crippen molar-refractivity contribution in [3.8, 4) is 28.1 Å². The van der Waals surface area contributed by atoms with E-state index in [9.17, 15) is 13.2 Å². The summed E-state index contributed by atoms with van der Waals surface area (Å²) in [7, 11) is -1.94. The highest BCUT2D eigenvalue weighted by Gasteiger charge is 2.14. The quantitative estimate of drug-likeness (QED) is 0.245. The van der Waals surface area contributed by atoms with Crippen LogP contribution in [0.15, 0.2) is 79.0 Å². The van der Waals surface area contributed by atoms with Crippen LogP contribution in [0.25, 0.3) is 22.4 Å². The number of amides is 1. The molecular formula is C29H33N5O4S. The molecule has 0 aliphatic heterocycles. The summed E-state index contributed by atoms with van der Waals surface area (Å²) >= 11 is 0. The van der Waals surface area contributed by atoms with Crippen molar-refractivity contribution >= 4 is 21.6 Å². The maximum absolute atomic E-state index is 11.9. The smallest absolute Gasteiger partial charge is 0.248 e.